The quantitative estimate of drug-likeness (QED) is 0.877. The summed E-state index contributed by atoms with van der Waals surface area (Å²) in [4.78, 5) is 15.2. The van der Waals surface area contributed by atoms with Gasteiger partial charge in [-0.25, -0.2) is 0 Å². The Morgan fingerprint density at radius 3 is 2.96 bits per heavy atom. The van der Waals surface area contributed by atoms with Crippen LogP contribution in [0.5, 0.6) is 0 Å². The van der Waals surface area contributed by atoms with Crippen molar-refractivity contribution in [2.24, 2.45) is 5.41 Å². The number of aryl methyl sites for hydroxylation is 1. The molecule has 1 saturated heterocycles. The predicted molar refractivity (Wildman–Crippen MR) is 95.1 cm³/mol. The number of carbonyl (C=O) groups is 1. The molecule has 1 spiro atoms. The minimum Gasteiger partial charge on any atom is -0.329 e. The second kappa shape index (κ2) is 6.33. The highest BCUT2D eigenvalue weighted by Gasteiger charge is 2.57. The lowest BCUT2D eigenvalue weighted by Gasteiger charge is -2.29. The number of carbonyl (C=O) groups excluding carboxylic acids is 1. The van der Waals surface area contributed by atoms with Gasteiger partial charge in [0.2, 0.25) is 0 Å². The number of aromatic amines is 1. The summed E-state index contributed by atoms with van der Waals surface area (Å²) in [6.45, 7) is 4.89. The highest BCUT2D eigenvalue weighted by molar-refractivity contribution is 7.07. The van der Waals surface area contributed by atoms with E-state index in [1.54, 1.807) is 11.3 Å². The Labute approximate surface area is 146 Å². The standard InChI is InChI=1S/C18H24N4OS/c1-2-14-9-15(21-20-14)17(23)22(11-13-3-8-24-12-13)16-10-18(16)4-6-19-7-5-18/h3,8-9,12,16,19H,2,4-7,10-11H2,1H3,(H,20,21). The molecule has 0 radical (unpaired) electrons. The first-order valence-corrected chi connectivity index (χ1v) is 9.73. The number of nitrogens with zero attached hydrogens (tertiary/aromatic N) is 2. The van der Waals surface area contributed by atoms with Crippen molar-refractivity contribution in [3.63, 3.8) is 0 Å². The molecule has 128 valence electrons. The van der Waals surface area contributed by atoms with E-state index in [1.807, 2.05) is 6.07 Å². The number of amides is 1. The summed E-state index contributed by atoms with van der Waals surface area (Å²) in [6, 6.07) is 4.37. The van der Waals surface area contributed by atoms with Gasteiger partial charge in [-0.2, -0.15) is 16.4 Å². The first-order chi connectivity index (χ1) is 11.7. The Bertz CT molecular complexity index is 702. The fourth-order valence-corrected chi connectivity index (χ4v) is 4.59. The van der Waals surface area contributed by atoms with Crippen LogP contribution in [-0.2, 0) is 13.0 Å². The molecule has 5 nitrogen and oxygen atoms in total. The van der Waals surface area contributed by atoms with E-state index < -0.39 is 0 Å². The second-order valence-electron chi connectivity index (χ2n) is 7.03. The highest BCUT2D eigenvalue weighted by Crippen LogP contribution is 2.56. The molecular formula is C18H24N4OS. The zero-order valence-electron chi connectivity index (χ0n) is 14.0. The molecule has 3 heterocycles. The number of hydrogen-bond acceptors (Lipinski definition) is 4. The lowest BCUT2D eigenvalue weighted by Crippen LogP contribution is -2.39. The van der Waals surface area contributed by atoms with E-state index in [2.05, 4.69) is 44.2 Å². The van der Waals surface area contributed by atoms with Gasteiger partial charge in [0.25, 0.3) is 5.91 Å². The molecule has 1 atom stereocenters. The minimum absolute atomic E-state index is 0.0672. The van der Waals surface area contributed by atoms with E-state index in [9.17, 15) is 4.79 Å². The summed E-state index contributed by atoms with van der Waals surface area (Å²) in [6.07, 6.45) is 4.34. The van der Waals surface area contributed by atoms with Gasteiger partial charge in [0, 0.05) is 18.3 Å². The van der Waals surface area contributed by atoms with Crippen LogP contribution in [0, 0.1) is 5.41 Å². The van der Waals surface area contributed by atoms with E-state index >= 15 is 0 Å². The minimum atomic E-state index is 0.0672. The molecular weight excluding hydrogens is 320 g/mol. The Kier molecular flexibility index (Phi) is 4.18. The van der Waals surface area contributed by atoms with Gasteiger partial charge >= 0.3 is 0 Å². The molecule has 2 fully saturated rings. The van der Waals surface area contributed by atoms with Gasteiger partial charge in [0.15, 0.2) is 0 Å². The molecule has 1 aliphatic carbocycles. The van der Waals surface area contributed by atoms with Gasteiger partial charge in [-0.05, 0) is 72.6 Å². The highest BCUT2D eigenvalue weighted by atomic mass is 32.1. The predicted octanol–water partition coefficient (Wildman–Crippen LogP) is 2.82. The van der Waals surface area contributed by atoms with Crippen molar-refractivity contribution >= 4 is 17.2 Å². The van der Waals surface area contributed by atoms with Crippen molar-refractivity contribution in [3.8, 4) is 0 Å². The summed E-state index contributed by atoms with van der Waals surface area (Å²) >= 11 is 1.69. The topological polar surface area (TPSA) is 61.0 Å². The summed E-state index contributed by atoms with van der Waals surface area (Å²) < 4.78 is 0. The largest absolute Gasteiger partial charge is 0.329 e. The van der Waals surface area contributed by atoms with Crippen LogP contribution in [0.3, 0.4) is 0 Å². The fourth-order valence-electron chi connectivity index (χ4n) is 3.93. The summed E-state index contributed by atoms with van der Waals surface area (Å²) in [5.41, 5.74) is 3.12. The summed E-state index contributed by atoms with van der Waals surface area (Å²) in [7, 11) is 0. The molecule has 2 aromatic rings. The van der Waals surface area contributed by atoms with Crippen molar-refractivity contribution in [1.82, 2.24) is 20.4 Å². The Balaban J connectivity index is 1.57. The summed E-state index contributed by atoms with van der Waals surface area (Å²) in [5.74, 6) is 0.0672. The molecule has 1 saturated carbocycles. The second-order valence-corrected chi connectivity index (χ2v) is 7.81. The van der Waals surface area contributed by atoms with Crippen LogP contribution in [0.25, 0.3) is 0 Å². The maximum Gasteiger partial charge on any atom is 0.274 e. The number of hydrogen-bond donors (Lipinski definition) is 2. The maximum atomic E-state index is 13.1. The van der Waals surface area contributed by atoms with Crippen molar-refractivity contribution in [2.45, 2.75) is 45.2 Å². The molecule has 1 aliphatic heterocycles. The molecule has 1 unspecified atom stereocenters. The SMILES string of the molecule is CCc1cc(C(=O)N(Cc2ccsc2)C2CC23CCNCC3)n[nH]1. The van der Waals surface area contributed by atoms with Crippen LogP contribution < -0.4 is 5.32 Å². The smallest absolute Gasteiger partial charge is 0.274 e. The van der Waals surface area contributed by atoms with Crippen LogP contribution >= 0.6 is 11.3 Å². The van der Waals surface area contributed by atoms with Crippen LogP contribution in [0.4, 0.5) is 0 Å². The van der Waals surface area contributed by atoms with E-state index in [0.29, 0.717) is 23.7 Å². The fraction of sp³-hybridized carbons (Fsp3) is 0.556. The molecule has 4 rings (SSSR count). The van der Waals surface area contributed by atoms with E-state index in [0.717, 1.165) is 31.6 Å². The van der Waals surface area contributed by atoms with Gasteiger partial charge in [-0.3, -0.25) is 9.89 Å². The molecule has 2 aliphatic rings. The number of piperidine rings is 1. The van der Waals surface area contributed by atoms with Gasteiger partial charge < -0.3 is 10.2 Å². The number of rotatable bonds is 5. The normalized spacial score (nSPS) is 21.8. The van der Waals surface area contributed by atoms with Crippen molar-refractivity contribution in [2.75, 3.05) is 13.1 Å². The molecule has 0 bridgehead atoms. The molecule has 6 heteroatoms. The molecule has 2 N–H and O–H groups in total. The maximum absolute atomic E-state index is 13.1. The number of nitrogens with one attached hydrogen (secondary N) is 2. The molecule has 0 aromatic carbocycles. The average Bonchev–Trinajstić information content (AvgIpc) is 3.05. The van der Waals surface area contributed by atoms with Crippen LogP contribution in [0.1, 0.15) is 47.9 Å². The average molecular weight is 344 g/mol. The van der Waals surface area contributed by atoms with E-state index in [4.69, 9.17) is 0 Å². The van der Waals surface area contributed by atoms with Gasteiger partial charge in [-0.15, -0.1) is 0 Å². The first-order valence-electron chi connectivity index (χ1n) is 8.79. The Morgan fingerprint density at radius 1 is 1.46 bits per heavy atom. The molecule has 1 amide bonds. The third-order valence-electron chi connectivity index (χ3n) is 5.55. The van der Waals surface area contributed by atoms with Gasteiger partial charge in [0.1, 0.15) is 5.69 Å². The Morgan fingerprint density at radius 2 is 2.29 bits per heavy atom. The monoisotopic (exact) mass is 344 g/mol. The first kappa shape index (κ1) is 15.8. The van der Waals surface area contributed by atoms with E-state index in [1.165, 1.54) is 18.4 Å². The third kappa shape index (κ3) is 2.89. The molecule has 2 aromatic heterocycles. The lowest BCUT2D eigenvalue weighted by molar-refractivity contribution is 0.0686. The number of aromatic nitrogens is 2. The zero-order valence-corrected chi connectivity index (χ0v) is 14.9. The van der Waals surface area contributed by atoms with Gasteiger partial charge in [-0.1, -0.05) is 6.92 Å². The van der Waals surface area contributed by atoms with Crippen LogP contribution in [0.15, 0.2) is 22.9 Å². The zero-order chi connectivity index (χ0) is 16.6. The van der Waals surface area contributed by atoms with Crippen LogP contribution in [0.2, 0.25) is 0 Å². The van der Waals surface area contributed by atoms with Crippen LogP contribution in [-0.4, -0.2) is 40.1 Å². The lowest BCUT2D eigenvalue weighted by atomic mass is 9.93. The van der Waals surface area contributed by atoms with Crippen molar-refractivity contribution in [1.29, 1.82) is 0 Å². The molecule has 24 heavy (non-hydrogen) atoms. The summed E-state index contributed by atoms with van der Waals surface area (Å²) in [5, 5.41) is 14.9. The van der Waals surface area contributed by atoms with Crippen molar-refractivity contribution < 1.29 is 4.79 Å². The van der Waals surface area contributed by atoms with Gasteiger partial charge in [0.05, 0.1) is 0 Å². The number of thiophene rings is 1. The van der Waals surface area contributed by atoms with Crippen molar-refractivity contribution in [3.05, 3.63) is 39.8 Å². The van der Waals surface area contributed by atoms with E-state index in [-0.39, 0.29) is 5.91 Å². The Hall–Kier alpha value is -1.66. The third-order valence-corrected chi connectivity index (χ3v) is 6.28. The number of H-pyrrole nitrogens is 1.